The molecule has 4 saturated carbocycles. The van der Waals surface area contributed by atoms with E-state index in [4.69, 9.17) is 0 Å². The molecule has 1 radical (unpaired) electrons. The van der Waals surface area contributed by atoms with Crippen molar-refractivity contribution < 1.29 is 0 Å². The van der Waals surface area contributed by atoms with Gasteiger partial charge < -0.3 is 0 Å². The largest absolute Gasteiger partial charge is 0.0622 e. The van der Waals surface area contributed by atoms with Crippen molar-refractivity contribution >= 4 is 0 Å². The summed E-state index contributed by atoms with van der Waals surface area (Å²) in [6.45, 7) is 2.57. The molecule has 5 rings (SSSR count). The van der Waals surface area contributed by atoms with Crippen molar-refractivity contribution in [3.05, 3.63) is 41.8 Å². The van der Waals surface area contributed by atoms with Gasteiger partial charge in [-0.3, -0.25) is 0 Å². The smallest absolute Gasteiger partial charge is 0.0107 e. The second kappa shape index (κ2) is 3.85. The van der Waals surface area contributed by atoms with E-state index in [1.165, 1.54) is 37.7 Å². The fourth-order valence-corrected chi connectivity index (χ4v) is 5.47. The lowest BCUT2D eigenvalue weighted by Crippen LogP contribution is -2.50. The molecule has 4 fully saturated rings. The van der Waals surface area contributed by atoms with E-state index in [1.54, 1.807) is 6.42 Å². The first-order valence-electron chi connectivity index (χ1n) is 7.63. The molecule has 95 valence electrons. The highest BCUT2D eigenvalue weighted by Crippen LogP contribution is 2.64. The first kappa shape index (κ1) is 11.1. The van der Waals surface area contributed by atoms with E-state index in [-0.39, 0.29) is 0 Å². The van der Waals surface area contributed by atoms with Gasteiger partial charge in [0.1, 0.15) is 0 Å². The van der Waals surface area contributed by atoms with Crippen LogP contribution in [0.4, 0.5) is 0 Å². The number of benzene rings is 1. The van der Waals surface area contributed by atoms with Crippen molar-refractivity contribution in [3.63, 3.8) is 0 Å². The minimum atomic E-state index is 0.588. The summed E-state index contributed by atoms with van der Waals surface area (Å²) in [6, 6.07) is 11.1. The predicted octanol–water partition coefficient (Wildman–Crippen LogP) is 4.65. The van der Waals surface area contributed by atoms with Gasteiger partial charge in [0.15, 0.2) is 0 Å². The van der Waals surface area contributed by atoms with Crippen LogP contribution in [0.25, 0.3) is 0 Å². The van der Waals surface area contributed by atoms with E-state index in [1.807, 2.05) is 5.92 Å². The molecular formula is C18H23. The second-order valence-electron chi connectivity index (χ2n) is 7.29. The molecule has 18 heavy (non-hydrogen) atoms. The Kier molecular flexibility index (Phi) is 2.37. The van der Waals surface area contributed by atoms with E-state index < -0.39 is 0 Å². The molecule has 2 unspecified atom stereocenters. The molecule has 0 nitrogen and oxygen atoms in total. The summed E-state index contributed by atoms with van der Waals surface area (Å²) in [6.07, 6.45) is 8.79. The maximum Gasteiger partial charge on any atom is -0.0107 e. The molecule has 0 aliphatic heterocycles. The lowest BCUT2D eigenvalue weighted by atomic mass is 9.45. The van der Waals surface area contributed by atoms with Crippen LogP contribution < -0.4 is 0 Å². The normalized spacial score (nSPS) is 42.4. The van der Waals surface area contributed by atoms with Gasteiger partial charge in [-0.15, -0.1) is 0 Å². The SMILES string of the molecule is CC12CC3CC(CC(C3)[C]1Cc1ccccc1)C2. The average molecular weight is 239 g/mol. The third-order valence-corrected chi connectivity index (χ3v) is 5.89. The quantitative estimate of drug-likeness (QED) is 0.704. The molecule has 1 aromatic carbocycles. The van der Waals surface area contributed by atoms with Crippen LogP contribution in [0, 0.1) is 29.1 Å². The van der Waals surface area contributed by atoms with Crippen molar-refractivity contribution in [3.8, 4) is 0 Å². The molecule has 0 aromatic heterocycles. The number of hydrogen-bond acceptors (Lipinski definition) is 0. The van der Waals surface area contributed by atoms with Crippen molar-refractivity contribution in [1.29, 1.82) is 0 Å². The standard InChI is InChI=1S/C18H23/c1-18-11-14-7-15(12-18)9-16(8-14)17(18)10-13-5-3-2-4-6-13/h2-6,14-16H,7-12H2,1H3. The van der Waals surface area contributed by atoms with Crippen LogP contribution in [-0.2, 0) is 6.42 Å². The third-order valence-electron chi connectivity index (χ3n) is 5.89. The molecule has 0 heterocycles. The Morgan fingerprint density at radius 3 is 2.28 bits per heavy atom. The molecule has 2 atom stereocenters. The second-order valence-corrected chi connectivity index (χ2v) is 7.29. The van der Waals surface area contributed by atoms with Crippen LogP contribution >= 0.6 is 0 Å². The van der Waals surface area contributed by atoms with Crippen LogP contribution in [0.1, 0.15) is 44.6 Å². The van der Waals surface area contributed by atoms with Gasteiger partial charge in [0.2, 0.25) is 0 Å². The summed E-state index contributed by atoms with van der Waals surface area (Å²) in [7, 11) is 0. The van der Waals surface area contributed by atoms with Gasteiger partial charge in [0.25, 0.3) is 0 Å². The zero-order valence-corrected chi connectivity index (χ0v) is 11.4. The van der Waals surface area contributed by atoms with Crippen molar-refractivity contribution in [1.82, 2.24) is 0 Å². The zero-order valence-electron chi connectivity index (χ0n) is 11.4. The van der Waals surface area contributed by atoms with E-state index in [9.17, 15) is 0 Å². The van der Waals surface area contributed by atoms with Gasteiger partial charge in [-0.05, 0) is 73.2 Å². The highest BCUT2D eigenvalue weighted by Gasteiger charge is 2.54. The first-order valence-corrected chi connectivity index (χ1v) is 7.63. The highest BCUT2D eigenvalue weighted by atomic mass is 14.6. The van der Waals surface area contributed by atoms with Gasteiger partial charge >= 0.3 is 0 Å². The van der Waals surface area contributed by atoms with Gasteiger partial charge in [-0.25, -0.2) is 0 Å². The minimum absolute atomic E-state index is 0.588. The van der Waals surface area contributed by atoms with Gasteiger partial charge in [0, 0.05) is 0 Å². The van der Waals surface area contributed by atoms with Crippen molar-refractivity contribution in [2.45, 2.75) is 45.4 Å². The van der Waals surface area contributed by atoms with Gasteiger partial charge in [-0.2, -0.15) is 0 Å². The maximum absolute atomic E-state index is 2.57. The molecule has 0 amide bonds. The third kappa shape index (κ3) is 1.65. The first-order chi connectivity index (χ1) is 8.73. The van der Waals surface area contributed by atoms with E-state index in [0.29, 0.717) is 5.41 Å². The zero-order chi connectivity index (χ0) is 12.2. The summed E-state index contributed by atoms with van der Waals surface area (Å²) in [4.78, 5) is 0. The Morgan fingerprint density at radius 2 is 1.67 bits per heavy atom. The van der Waals surface area contributed by atoms with Crippen molar-refractivity contribution in [2.24, 2.45) is 23.2 Å². The molecule has 4 aliphatic rings. The highest BCUT2D eigenvalue weighted by molar-refractivity contribution is 5.27. The summed E-state index contributed by atoms with van der Waals surface area (Å²) in [5.41, 5.74) is 2.12. The minimum Gasteiger partial charge on any atom is -0.0622 e. The fraction of sp³-hybridized carbons (Fsp3) is 0.611. The van der Waals surface area contributed by atoms with Crippen LogP contribution in [0.15, 0.2) is 30.3 Å². The summed E-state index contributed by atoms with van der Waals surface area (Å²) < 4.78 is 0. The van der Waals surface area contributed by atoms with Crippen LogP contribution in [0.3, 0.4) is 0 Å². The fourth-order valence-electron chi connectivity index (χ4n) is 5.47. The Morgan fingerprint density at radius 1 is 1.00 bits per heavy atom. The maximum atomic E-state index is 2.57. The van der Waals surface area contributed by atoms with E-state index in [2.05, 4.69) is 37.3 Å². The number of rotatable bonds is 2. The van der Waals surface area contributed by atoms with Crippen molar-refractivity contribution in [2.75, 3.05) is 0 Å². The Balaban J connectivity index is 1.61. The predicted molar refractivity (Wildman–Crippen MR) is 75.1 cm³/mol. The van der Waals surface area contributed by atoms with Crippen LogP contribution in [0.2, 0.25) is 0 Å². The molecule has 0 N–H and O–H groups in total. The Labute approximate surface area is 111 Å². The molecular weight excluding hydrogens is 216 g/mol. The molecule has 0 spiro atoms. The Bertz CT molecular complexity index is 419. The lowest BCUT2D eigenvalue weighted by molar-refractivity contribution is -0.0189. The molecule has 0 heteroatoms. The average Bonchev–Trinajstić information content (AvgIpc) is 2.34. The Hall–Kier alpha value is -0.780. The summed E-state index contributed by atoms with van der Waals surface area (Å²) in [5.74, 6) is 4.99. The topological polar surface area (TPSA) is 0 Å². The molecule has 4 bridgehead atoms. The number of hydrogen-bond donors (Lipinski definition) is 0. The molecule has 0 saturated heterocycles. The lowest BCUT2D eigenvalue weighted by Gasteiger charge is -2.60. The van der Waals surface area contributed by atoms with E-state index in [0.717, 1.165) is 17.8 Å². The van der Waals surface area contributed by atoms with Gasteiger partial charge in [0.05, 0.1) is 0 Å². The monoisotopic (exact) mass is 239 g/mol. The summed E-state index contributed by atoms with van der Waals surface area (Å²) in [5, 5.41) is 0. The summed E-state index contributed by atoms with van der Waals surface area (Å²) >= 11 is 0. The van der Waals surface area contributed by atoms with Crippen LogP contribution in [0.5, 0.6) is 0 Å². The molecule has 4 aliphatic carbocycles. The van der Waals surface area contributed by atoms with Gasteiger partial charge in [-0.1, -0.05) is 37.3 Å². The molecule has 1 aromatic rings. The van der Waals surface area contributed by atoms with Crippen LogP contribution in [-0.4, -0.2) is 0 Å². The van der Waals surface area contributed by atoms with E-state index >= 15 is 0 Å².